The van der Waals surface area contributed by atoms with Crippen LogP contribution in [-0.2, 0) is 9.59 Å². The largest absolute Gasteiger partial charge is 0.495 e. The summed E-state index contributed by atoms with van der Waals surface area (Å²) in [5, 5.41) is 4.87. The summed E-state index contributed by atoms with van der Waals surface area (Å²) < 4.78 is 11.5. The number of rotatable bonds is 5. The van der Waals surface area contributed by atoms with Crippen molar-refractivity contribution in [3.05, 3.63) is 72.3 Å². The van der Waals surface area contributed by atoms with Crippen LogP contribution in [0.5, 0.6) is 5.75 Å². The number of fused-ring (bicyclic) bond motifs is 3. The Morgan fingerprint density at radius 2 is 1.81 bits per heavy atom. The van der Waals surface area contributed by atoms with Crippen LogP contribution in [0.4, 0.5) is 5.69 Å². The highest BCUT2D eigenvalue weighted by molar-refractivity contribution is 6.08. The van der Waals surface area contributed by atoms with Gasteiger partial charge in [0.25, 0.3) is 0 Å². The first kappa shape index (κ1) is 20.1. The van der Waals surface area contributed by atoms with Crippen molar-refractivity contribution in [1.82, 2.24) is 4.90 Å². The second-order valence-electron chi connectivity index (χ2n) is 8.17. The van der Waals surface area contributed by atoms with Gasteiger partial charge in [-0.2, -0.15) is 0 Å². The van der Waals surface area contributed by atoms with Gasteiger partial charge in [0.1, 0.15) is 16.9 Å². The average Bonchev–Trinajstić information content (AvgIpc) is 3.38. The molecule has 0 radical (unpaired) electrons. The van der Waals surface area contributed by atoms with Crippen molar-refractivity contribution in [3.8, 4) is 5.75 Å². The number of likely N-dealkylation sites (tertiary alicyclic amines) is 1. The lowest BCUT2D eigenvalue weighted by atomic mass is 10.1. The van der Waals surface area contributed by atoms with Gasteiger partial charge in [-0.25, -0.2) is 0 Å². The summed E-state index contributed by atoms with van der Waals surface area (Å²) in [4.78, 5) is 27.5. The van der Waals surface area contributed by atoms with Gasteiger partial charge in [0.2, 0.25) is 11.8 Å². The lowest BCUT2D eigenvalue weighted by Gasteiger charge is -2.25. The SMILES string of the molecule is COc1cc2c(cc1NC(=O)[C@H]1CC(=O)N([C@H](C)c3ccccc3)C1)oc1ccccc12. The minimum absolute atomic E-state index is 0.0128. The molecule has 1 N–H and O–H groups in total. The number of ether oxygens (including phenoxy) is 1. The summed E-state index contributed by atoms with van der Waals surface area (Å²) in [7, 11) is 1.57. The zero-order valence-electron chi connectivity index (χ0n) is 18.0. The fourth-order valence-electron chi connectivity index (χ4n) is 4.45. The fraction of sp³-hybridized carbons (Fsp3) is 0.231. The molecule has 32 heavy (non-hydrogen) atoms. The quantitative estimate of drug-likeness (QED) is 0.478. The fourth-order valence-corrected chi connectivity index (χ4v) is 4.45. The standard InChI is InChI=1S/C26H24N2O4/c1-16(17-8-4-3-5-9-17)28-15-18(12-25(28)29)26(30)27-21-14-23-20(13-24(21)31-2)19-10-6-7-11-22(19)32-23/h3-11,13-14,16,18H,12,15H2,1-2H3,(H,27,30)/t16-,18+/m1/s1. The summed E-state index contributed by atoms with van der Waals surface area (Å²) in [6.07, 6.45) is 0.193. The Morgan fingerprint density at radius 1 is 1.06 bits per heavy atom. The number of anilines is 1. The van der Waals surface area contributed by atoms with Gasteiger partial charge in [0.15, 0.2) is 0 Å². The first-order chi connectivity index (χ1) is 15.5. The topological polar surface area (TPSA) is 71.8 Å². The highest BCUT2D eigenvalue weighted by atomic mass is 16.5. The monoisotopic (exact) mass is 428 g/mol. The first-order valence-electron chi connectivity index (χ1n) is 10.7. The summed E-state index contributed by atoms with van der Waals surface area (Å²) in [6, 6.07) is 21.2. The summed E-state index contributed by atoms with van der Waals surface area (Å²) in [6.45, 7) is 2.38. The number of carbonyl (C=O) groups is 2. The van der Waals surface area contributed by atoms with Gasteiger partial charge < -0.3 is 19.4 Å². The molecule has 1 fully saturated rings. The number of methoxy groups -OCH3 is 1. The Labute approximate surface area is 185 Å². The van der Waals surface area contributed by atoms with Gasteiger partial charge in [0, 0.05) is 29.8 Å². The van der Waals surface area contributed by atoms with Crippen molar-refractivity contribution in [1.29, 1.82) is 0 Å². The van der Waals surface area contributed by atoms with Crippen LogP contribution in [0, 0.1) is 5.92 Å². The molecular weight excluding hydrogens is 404 g/mol. The number of amides is 2. The van der Waals surface area contributed by atoms with Gasteiger partial charge in [-0.15, -0.1) is 0 Å². The van der Waals surface area contributed by atoms with Crippen LogP contribution in [-0.4, -0.2) is 30.4 Å². The molecule has 1 aliphatic rings. The summed E-state index contributed by atoms with van der Waals surface area (Å²) in [5.74, 6) is -0.0861. The molecule has 162 valence electrons. The molecule has 0 aliphatic carbocycles. The van der Waals surface area contributed by atoms with Gasteiger partial charge in [-0.3, -0.25) is 9.59 Å². The van der Waals surface area contributed by atoms with Crippen LogP contribution in [0.3, 0.4) is 0 Å². The predicted molar refractivity (Wildman–Crippen MR) is 124 cm³/mol. The normalized spacial score (nSPS) is 17.1. The number of para-hydroxylation sites is 1. The third kappa shape index (κ3) is 3.47. The van der Waals surface area contributed by atoms with E-state index in [0.29, 0.717) is 23.6 Å². The van der Waals surface area contributed by atoms with Gasteiger partial charge in [-0.05, 0) is 24.6 Å². The molecule has 1 saturated heterocycles. The Hall–Kier alpha value is -3.80. The molecule has 2 amide bonds. The Morgan fingerprint density at radius 3 is 2.59 bits per heavy atom. The van der Waals surface area contributed by atoms with Crippen LogP contribution in [0.1, 0.15) is 24.9 Å². The number of nitrogens with zero attached hydrogens (tertiary/aromatic N) is 1. The molecule has 2 heterocycles. The maximum atomic E-state index is 13.1. The number of hydrogen-bond donors (Lipinski definition) is 1. The molecule has 2 atom stereocenters. The molecular formula is C26H24N2O4. The molecule has 6 nitrogen and oxygen atoms in total. The van der Waals surface area contributed by atoms with Crippen LogP contribution in [0.2, 0.25) is 0 Å². The van der Waals surface area contributed by atoms with E-state index in [1.165, 1.54) is 0 Å². The second-order valence-corrected chi connectivity index (χ2v) is 8.17. The van der Waals surface area contributed by atoms with E-state index >= 15 is 0 Å². The molecule has 1 aromatic heterocycles. The molecule has 0 bridgehead atoms. The molecule has 0 spiro atoms. The summed E-state index contributed by atoms with van der Waals surface area (Å²) >= 11 is 0. The van der Waals surface area contributed by atoms with Crippen molar-refractivity contribution >= 4 is 39.4 Å². The van der Waals surface area contributed by atoms with Crippen molar-refractivity contribution in [2.45, 2.75) is 19.4 Å². The van der Waals surface area contributed by atoms with Crippen molar-refractivity contribution < 1.29 is 18.7 Å². The average molecular weight is 428 g/mol. The van der Waals surface area contributed by atoms with Crippen molar-refractivity contribution in [2.75, 3.05) is 19.0 Å². The zero-order chi connectivity index (χ0) is 22.2. The number of benzene rings is 3. The van der Waals surface area contributed by atoms with Crippen molar-refractivity contribution in [3.63, 3.8) is 0 Å². The minimum atomic E-state index is -0.426. The van der Waals surface area contributed by atoms with Crippen molar-refractivity contribution in [2.24, 2.45) is 5.92 Å². The summed E-state index contributed by atoms with van der Waals surface area (Å²) in [5.41, 5.74) is 3.04. The minimum Gasteiger partial charge on any atom is -0.495 e. The van der Waals surface area contributed by atoms with E-state index in [0.717, 1.165) is 21.9 Å². The van der Waals surface area contributed by atoms with Crippen LogP contribution in [0.25, 0.3) is 21.9 Å². The number of furan rings is 1. The molecule has 0 unspecified atom stereocenters. The maximum Gasteiger partial charge on any atom is 0.229 e. The molecule has 4 aromatic rings. The third-order valence-corrected chi connectivity index (χ3v) is 6.24. The van der Waals surface area contributed by atoms with Gasteiger partial charge in [0.05, 0.1) is 24.8 Å². The Balaban J connectivity index is 1.37. The van der Waals surface area contributed by atoms with E-state index < -0.39 is 5.92 Å². The zero-order valence-corrected chi connectivity index (χ0v) is 18.0. The highest BCUT2D eigenvalue weighted by Gasteiger charge is 2.37. The lowest BCUT2D eigenvalue weighted by Crippen LogP contribution is -2.30. The van der Waals surface area contributed by atoms with Crippen LogP contribution >= 0.6 is 0 Å². The third-order valence-electron chi connectivity index (χ3n) is 6.24. The van der Waals surface area contributed by atoms with Crippen LogP contribution < -0.4 is 10.1 Å². The maximum absolute atomic E-state index is 13.1. The van der Waals surface area contributed by atoms with E-state index in [2.05, 4.69) is 5.32 Å². The first-order valence-corrected chi connectivity index (χ1v) is 10.7. The molecule has 3 aromatic carbocycles. The van der Waals surface area contributed by atoms with E-state index in [1.54, 1.807) is 18.1 Å². The van der Waals surface area contributed by atoms with E-state index in [1.807, 2.05) is 67.6 Å². The Kier molecular flexibility index (Phi) is 5.05. The van der Waals surface area contributed by atoms with Crippen LogP contribution in [0.15, 0.2) is 71.1 Å². The molecule has 6 heteroatoms. The molecule has 5 rings (SSSR count). The van der Waals surface area contributed by atoms with E-state index in [4.69, 9.17) is 9.15 Å². The smallest absolute Gasteiger partial charge is 0.229 e. The number of nitrogens with one attached hydrogen (secondary N) is 1. The highest BCUT2D eigenvalue weighted by Crippen LogP contribution is 2.37. The lowest BCUT2D eigenvalue weighted by molar-refractivity contribution is -0.129. The van der Waals surface area contributed by atoms with Gasteiger partial charge >= 0.3 is 0 Å². The number of carbonyl (C=O) groups excluding carboxylic acids is 2. The van der Waals surface area contributed by atoms with Gasteiger partial charge in [-0.1, -0.05) is 48.5 Å². The Bertz CT molecular complexity index is 1310. The predicted octanol–water partition coefficient (Wildman–Crippen LogP) is 5.14. The second kappa shape index (κ2) is 8.04. The van der Waals surface area contributed by atoms with E-state index in [9.17, 15) is 9.59 Å². The molecule has 0 saturated carbocycles. The van der Waals surface area contributed by atoms with E-state index in [-0.39, 0.29) is 24.3 Å². The molecule has 1 aliphatic heterocycles. The number of hydrogen-bond acceptors (Lipinski definition) is 4.